The lowest BCUT2D eigenvalue weighted by molar-refractivity contribution is -0.143. The maximum absolute atomic E-state index is 14.2. The van der Waals surface area contributed by atoms with E-state index in [-0.39, 0.29) is 30.5 Å². The average Bonchev–Trinajstić information content (AvgIpc) is 3.53. The summed E-state index contributed by atoms with van der Waals surface area (Å²) in [4.78, 5) is 75.7. The Balaban J connectivity index is 1.52. The molecule has 0 bridgehead atoms. The molecular weight excluding hydrogens is 600 g/mol. The number of aldehydes is 1. The van der Waals surface area contributed by atoms with Crippen LogP contribution in [0.1, 0.15) is 88.2 Å². The van der Waals surface area contributed by atoms with Crippen molar-refractivity contribution in [3.8, 4) is 0 Å². The number of nitrogens with zero attached hydrogens (tertiary/aromatic N) is 3. The molecule has 1 aromatic carbocycles. The standard InChI is InChI=1S/C35H48N6O6/c1-4-26(21-42)38-34(45)30-18-27(47-22-25-13-9-6-10-14-25)20-41(30)35(46)31(23(2)3)40-32(43)28(17-24-11-7-5-8-12-24)39-33(44)29-19-36-15-16-37-29/h6,9-10,13-16,19,21,23-24,26-28,30-31H,4-5,7-8,11-12,17-18,20,22H2,1-3H3,(H,38,45)(H,39,44)(H,40,43)/t26-,27+,28-,30-,31-/m0/s1. The molecular formula is C35H48N6O6. The molecule has 0 spiro atoms. The highest BCUT2D eigenvalue weighted by atomic mass is 16.5. The fraction of sp³-hybridized carbons (Fsp3) is 0.571. The summed E-state index contributed by atoms with van der Waals surface area (Å²) in [5.41, 5.74) is 1.06. The lowest BCUT2D eigenvalue weighted by atomic mass is 9.84. The molecule has 0 unspecified atom stereocenters. The second-order valence-electron chi connectivity index (χ2n) is 12.9. The van der Waals surface area contributed by atoms with Gasteiger partial charge in [-0.05, 0) is 30.2 Å². The maximum Gasteiger partial charge on any atom is 0.272 e. The summed E-state index contributed by atoms with van der Waals surface area (Å²) >= 11 is 0. The van der Waals surface area contributed by atoms with Crippen molar-refractivity contribution in [2.24, 2.45) is 11.8 Å². The predicted molar refractivity (Wildman–Crippen MR) is 175 cm³/mol. The van der Waals surface area contributed by atoms with Gasteiger partial charge >= 0.3 is 0 Å². The third kappa shape index (κ3) is 10.1. The highest BCUT2D eigenvalue weighted by molar-refractivity contribution is 5.98. The third-order valence-corrected chi connectivity index (χ3v) is 9.05. The van der Waals surface area contributed by atoms with Crippen LogP contribution in [0.25, 0.3) is 0 Å². The molecule has 1 aliphatic heterocycles. The van der Waals surface area contributed by atoms with Gasteiger partial charge in [-0.1, -0.05) is 83.2 Å². The number of carbonyl (C=O) groups is 5. The number of hydrogen-bond acceptors (Lipinski definition) is 8. The molecule has 1 saturated heterocycles. The van der Waals surface area contributed by atoms with Gasteiger partial charge in [0.2, 0.25) is 17.7 Å². The van der Waals surface area contributed by atoms with E-state index in [0.717, 1.165) is 37.7 Å². The first kappa shape index (κ1) is 35.7. The Hall–Kier alpha value is -4.19. The van der Waals surface area contributed by atoms with Crippen LogP contribution in [0, 0.1) is 11.8 Å². The van der Waals surface area contributed by atoms with Gasteiger partial charge in [0.1, 0.15) is 30.1 Å². The van der Waals surface area contributed by atoms with Crippen molar-refractivity contribution in [1.82, 2.24) is 30.8 Å². The zero-order valence-corrected chi connectivity index (χ0v) is 27.6. The van der Waals surface area contributed by atoms with Crippen LogP contribution in [0.3, 0.4) is 0 Å². The number of benzene rings is 1. The lowest BCUT2D eigenvalue weighted by Gasteiger charge is -2.32. The van der Waals surface area contributed by atoms with Crippen molar-refractivity contribution in [2.45, 2.75) is 109 Å². The SMILES string of the molecule is CC[C@@H](C=O)NC(=O)[C@@H]1C[C@@H](OCc2ccccc2)CN1C(=O)[C@@H](NC(=O)[C@H](CC1CCCCC1)NC(=O)c1cnccn1)C(C)C. The maximum atomic E-state index is 14.2. The number of hydrogen-bond donors (Lipinski definition) is 3. The van der Waals surface area contributed by atoms with Crippen molar-refractivity contribution >= 4 is 29.9 Å². The molecule has 3 N–H and O–H groups in total. The smallest absolute Gasteiger partial charge is 0.272 e. The molecule has 12 heteroatoms. The largest absolute Gasteiger partial charge is 0.372 e. The van der Waals surface area contributed by atoms with Crippen molar-refractivity contribution < 1.29 is 28.7 Å². The van der Waals surface area contributed by atoms with Gasteiger partial charge in [0.05, 0.1) is 24.9 Å². The van der Waals surface area contributed by atoms with Crippen LogP contribution in [-0.4, -0.2) is 81.6 Å². The number of carbonyl (C=O) groups excluding carboxylic acids is 5. The summed E-state index contributed by atoms with van der Waals surface area (Å²) < 4.78 is 6.15. The van der Waals surface area contributed by atoms with E-state index in [9.17, 15) is 24.0 Å². The number of likely N-dealkylation sites (tertiary alicyclic amines) is 1. The molecule has 2 fully saturated rings. The zero-order valence-electron chi connectivity index (χ0n) is 27.6. The Labute approximate surface area is 276 Å². The molecule has 1 aliphatic carbocycles. The third-order valence-electron chi connectivity index (χ3n) is 9.05. The van der Waals surface area contributed by atoms with Crippen molar-refractivity contribution in [3.05, 3.63) is 60.2 Å². The Morgan fingerprint density at radius 3 is 2.40 bits per heavy atom. The van der Waals surface area contributed by atoms with Crippen LogP contribution in [0.2, 0.25) is 0 Å². The van der Waals surface area contributed by atoms with Gasteiger partial charge in [-0.15, -0.1) is 0 Å². The first-order valence-corrected chi connectivity index (χ1v) is 16.8. The van der Waals surface area contributed by atoms with Crippen molar-refractivity contribution in [2.75, 3.05) is 6.54 Å². The zero-order chi connectivity index (χ0) is 33.8. The molecule has 1 saturated carbocycles. The van der Waals surface area contributed by atoms with Crippen molar-refractivity contribution in [3.63, 3.8) is 0 Å². The van der Waals surface area contributed by atoms with E-state index in [1.54, 1.807) is 6.92 Å². The Kier molecular flexibility index (Phi) is 13.4. The Bertz CT molecular complexity index is 1340. The molecule has 12 nitrogen and oxygen atoms in total. The molecule has 2 aromatic rings. The van der Waals surface area contributed by atoms with Crippen LogP contribution in [0.15, 0.2) is 48.9 Å². The highest BCUT2D eigenvalue weighted by Gasteiger charge is 2.44. The van der Waals surface area contributed by atoms with Gasteiger partial charge in [-0.25, -0.2) is 4.98 Å². The minimum absolute atomic E-state index is 0.0959. The van der Waals surface area contributed by atoms with Gasteiger partial charge < -0.3 is 30.4 Å². The first-order valence-electron chi connectivity index (χ1n) is 16.8. The summed E-state index contributed by atoms with van der Waals surface area (Å²) in [6.45, 7) is 5.90. The van der Waals surface area contributed by atoms with E-state index in [2.05, 4.69) is 25.9 Å². The fourth-order valence-corrected chi connectivity index (χ4v) is 6.29. The summed E-state index contributed by atoms with van der Waals surface area (Å²) in [6, 6.07) is 6.20. The fourth-order valence-electron chi connectivity index (χ4n) is 6.29. The molecule has 47 heavy (non-hydrogen) atoms. The molecule has 254 valence electrons. The van der Waals surface area contributed by atoms with E-state index in [4.69, 9.17) is 4.74 Å². The minimum atomic E-state index is -0.971. The van der Waals surface area contributed by atoms with Crippen LogP contribution < -0.4 is 16.0 Å². The summed E-state index contributed by atoms with van der Waals surface area (Å²) in [7, 11) is 0. The second kappa shape index (κ2) is 17.7. The van der Waals surface area contributed by atoms with Gasteiger partial charge in [-0.2, -0.15) is 0 Å². The molecule has 2 aliphatic rings. The summed E-state index contributed by atoms with van der Waals surface area (Å²) in [5.74, 6) is -1.92. The Morgan fingerprint density at radius 2 is 1.77 bits per heavy atom. The number of rotatable bonds is 15. The second-order valence-corrected chi connectivity index (χ2v) is 12.9. The minimum Gasteiger partial charge on any atom is -0.372 e. The monoisotopic (exact) mass is 648 g/mol. The Morgan fingerprint density at radius 1 is 1.02 bits per heavy atom. The molecule has 1 aromatic heterocycles. The summed E-state index contributed by atoms with van der Waals surface area (Å²) in [5, 5.41) is 8.51. The van der Waals surface area contributed by atoms with Crippen LogP contribution in [0.4, 0.5) is 0 Å². The molecule has 4 rings (SSSR count). The van der Waals surface area contributed by atoms with E-state index >= 15 is 0 Å². The van der Waals surface area contributed by atoms with E-state index in [1.807, 2.05) is 44.2 Å². The number of nitrogens with one attached hydrogen (secondary N) is 3. The van der Waals surface area contributed by atoms with Gasteiger partial charge in [0.25, 0.3) is 5.91 Å². The number of aromatic nitrogens is 2. The summed E-state index contributed by atoms with van der Waals surface area (Å²) in [6.07, 6.45) is 10.8. The van der Waals surface area contributed by atoms with Crippen molar-refractivity contribution in [1.29, 1.82) is 0 Å². The van der Waals surface area contributed by atoms with Crippen LogP contribution in [0.5, 0.6) is 0 Å². The quantitative estimate of drug-likeness (QED) is 0.249. The molecule has 0 radical (unpaired) electrons. The van der Waals surface area contributed by atoms with Gasteiger partial charge in [-0.3, -0.25) is 24.2 Å². The topological polar surface area (TPSA) is 160 Å². The van der Waals surface area contributed by atoms with Crippen LogP contribution >= 0.6 is 0 Å². The molecule has 5 atom stereocenters. The van der Waals surface area contributed by atoms with E-state index in [0.29, 0.717) is 25.7 Å². The molecule has 4 amide bonds. The average molecular weight is 649 g/mol. The van der Waals surface area contributed by atoms with E-state index < -0.39 is 53.9 Å². The highest BCUT2D eigenvalue weighted by Crippen LogP contribution is 2.28. The molecule has 2 heterocycles. The first-order chi connectivity index (χ1) is 22.7. The number of amides is 4. The number of ether oxygens (including phenoxy) is 1. The predicted octanol–water partition coefficient (Wildman–Crippen LogP) is 2.97. The van der Waals surface area contributed by atoms with E-state index in [1.165, 1.54) is 23.5 Å². The van der Waals surface area contributed by atoms with Gasteiger partial charge in [0.15, 0.2) is 0 Å². The van der Waals surface area contributed by atoms with Crippen LogP contribution in [-0.2, 0) is 30.5 Å². The lowest BCUT2D eigenvalue weighted by Crippen LogP contribution is -2.58. The van der Waals surface area contributed by atoms with Gasteiger partial charge in [0, 0.05) is 25.4 Å². The normalized spacial score (nSPS) is 20.2.